The van der Waals surface area contributed by atoms with Crippen LogP contribution in [0, 0.1) is 6.92 Å². The van der Waals surface area contributed by atoms with Gasteiger partial charge in [-0.1, -0.05) is 19.4 Å². The Hall–Kier alpha value is -2.35. The Bertz CT molecular complexity index is 812. The van der Waals surface area contributed by atoms with E-state index in [9.17, 15) is 13.2 Å². The van der Waals surface area contributed by atoms with Crippen molar-refractivity contribution in [2.24, 2.45) is 0 Å². The predicted molar refractivity (Wildman–Crippen MR) is 90.2 cm³/mol. The molecule has 0 radical (unpaired) electrons. The van der Waals surface area contributed by atoms with E-state index < -0.39 is 15.9 Å². The second-order valence-electron chi connectivity index (χ2n) is 5.41. The summed E-state index contributed by atoms with van der Waals surface area (Å²) >= 11 is 0. The number of carbonyl (C=O) groups is 1. The number of benzene rings is 1. The van der Waals surface area contributed by atoms with Gasteiger partial charge in [0.25, 0.3) is 5.91 Å². The van der Waals surface area contributed by atoms with Gasteiger partial charge in [0, 0.05) is 5.69 Å². The van der Waals surface area contributed by atoms with Gasteiger partial charge in [0.15, 0.2) is 5.69 Å². The highest BCUT2D eigenvalue weighted by Gasteiger charge is 2.14. The molecule has 1 aromatic heterocycles. The summed E-state index contributed by atoms with van der Waals surface area (Å²) < 4.78 is 25.2. The van der Waals surface area contributed by atoms with Gasteiger partial charge in [-0.2, -0.15) is 5.10 Å². The highest BCUT2D eigenvalue weighted by Crippen LogP contribution is 2.24. The molecule has 2 aromatic rings. The van der Waals surface area contributed by atoms with E-state index in [4.69, 9.17) is 0 Å². The number of carbonyl (C=O) groups excluding carboxylic acids is 1. The highest BCUT2D eigenvalue weighted by molar-refractivity contribution is 7.92. The lowest BCUT2D eigenvalue weighted by atomic mass is 10.2. The molecule has 0 fully saturated rings. The van der Waals surface area contributed by atoms with Crippen molar-refractivity contribution in [3.63, 3.8) is 0 Å². The number of amides is 1. The van der Waals surface area contributed by atoms with Crippen LogP contribution in [0.4, 0.5) is 11.4 Å². The van der Waals surface area contributed by atoms with Crippen molar-refractivity contribution >= 4 is 27.3 Å². The van der Waals surface area contributed by atoms with Gasteiger partial charge >= 0.3 is 0 Å². The van der Waals surface area contributed by atoms with Crippen molar-refractivity contribution in [2.75, 3.05) is 16.3 Å². The van der Waals surface area contributed by atoms with Crippen LogP contribution in [-0.2, 0) is 16.4 Å². The van der Waals surface area contributed by atoms with Crippen LogP contribution in [0.5, 0.6) is 0 Å². The third-order valence-corrected chi connectivity index (χ3v) is 3.69. The third-order valence-electron chi connectivity index (χ3n) is 3.10. The minimum Gasteiger partial charge on any atom is -0.319 e. The minimum atomic E-state index is -3.44. The maximum Gasteiger partial charge on any atom is 0.276 e. The second-order valence-corrected chi connectivity index (χ2v) is 7.15. The Kier molecular flexibility index (Phi) is 5.05. The van der Waals surface area contributed by atoms with Crippen molar-refractivity contribution in [2.45, 2.75) is 26.7 Å². The maximum atomic E-state index is 12.3. The van der Waals surface area contributed by atoms with Crippen LogP contribution in [-0.4, -0.2) is 30.8 Å². The Labute approximate surface area is 135 Å². The van der Waals surface area contributed by atoms with Gasteiger partial charge in [-0.3, -0.25) is 14.6 Å². The molecule has 0 spiro atoms. The smallest absolute Gasteiger partial charge is 0.276 e. The molecule has 1 heterocycles. The van der Waals surface area contributed by atoms with Crippen LogP contribution in [0.15, 0.2) is 24.3 Å². The largest absolute Gasteiger partial charge is 0.319 e. The fourth-order valence-corrected chi connectivity index (χ4v) is 2.69. The van der Waals surface area contributed by atoms with E-state index in [1.54, 1.807) is 24.3 Å². The zero-order valence-corrected chi connectivity index (χ0v) is 14.1. The summed E-state index contributed by atoms with van der Waals surface area (Å²) in [5.41, 5.74) is 2.75. The normalized spacial score (nSPS) is 11.3. The number of nitrogens with zero attached hydrogens (tertiary/aromatic N) is 1. The van der Waals surface area contributed by atoms with Crippen molar-refractivity contribution in [1.29, 1.82) is 0 Å². The third kappa shape index (κ3) is 4.82. The zero-order valence-electron chi connectivity index (χ0n) is 13.3. The molecule has 1 aromatic carbocycles. The summed E-state index contributed by atoms with van der Waals surface area (Å²) in [6.45, 7) is 3.89. The number of aromatic amines is 1. The lowest BCUT2D eigenvalue weighted by Crippen LogP contribution is -2.16. The topological polar surface area (TPSA) is 104 Å². The zero-order chi connectivity index (χ0) is 17.0. The number of sulfonamides is 1. The van der Waals surface area contributed by atoms with Gasteiger partial charge in [-0.25, -0.2) is 8.42 Å². The predicted octanol–water partition coefficient (Wildman–Crippen LogP) is 2.29. The van der Waals surface area contributed by atoms with E-state index in [1.165, 1.54) is 0 Å². The number of aromatic nitrogens is 2. The van der Waals surface area contributed by atoms with E-state index in [0.717, 1.165) is 30.4 Å². The molecule has 0 aliphatic carbocycles. The molecular formula is C15H20N4O3S. The van der Waals surface area contributed by atoms with Gasteiger partial charge in [0.2, 0.25) is 10.0 Å². The van der Waals surface area contributed by atoms with Gasteiger partial charge in [-0.05, 0) is 37.1 Å². The lowest BCUT2D eigenvalue weighted by Gasteiger charge is -2.12. The first-order chi connectivity index (χ1) is 10.8. The van der Waals surface area contributed by atoms with Crippen molar-refractivity contribution in [1.82, 2.24) is 10.2 Å². The van der Waals surface area contributed by atoms with E-state index in [2.05, 4.69) is 20.2 Å². The monoisotopic (exact) mass is 336 g/mol. The number of hydrogen-bond acceptors (Lipinski definition) is 4. The Morgan fingerprint density at radius 3 is 2.65 bits per heavy atom. The maximum absolute atomic E-state index is 12.3. The summed E-state index contributed by atoms with van der Waals surface area (Å²) in [6, 6.07) is 6.76. The second kappa shape index (κ2) is 6.82. The molecule has 0 bridgehead atoms. The Morgan fingerprint density at radius 2 is 2.00 bits per heavy atom. The summed E-state index contributed by atoms with van der Waals surface area (Å²) in [5.74, 6) is -0.397. The van der Waals surface area contributed by atoms with E-state index >= 15 is 0 Å². The number of H-pyrrole nitrogens is 1. The van der Waals surface area contributed by atoms with Crippen molar-refractivity contribution in [3.8, 4) is 0 Å². The van der Waals surface area contributed by atoms with Crippen LogP contribution in [0.25, 0.3) is 0 Å². The molecule has 2 rings (SSSR count). The number of anilines is 2. The van der Waals surface area contributed by atoms with E-state index in [1.807, 2.05) is 13.8 Å². The molecule has 0 saturated carbocycles. The summed E-state index contributed by atoms with van der Waals surface area (Å²) in [5, 5.41) is 9.49. The van der Waals surface area contributed by atoms with Crippen molar-refractivity contribution < 1.29 is 13.2 Å². The fraction of sp³-hybridized carbons (Fsp3) is 0.333. The summed E-state index contributed by atoms with van der Waals surface area (Å²) in [4.78, 5) is 12.3. The first kappa shape index (κ1) is 17.0. The first-order valence-corrected chi connectivity index (χ1v) is 9.11. The van der Waals surface area contributed by atoms with Gasteiger partial charge in [0.1, 0.15) is 0 Å². The number of hydrogen-bond donors (Lipinski definition) is 3. The first-order valence-electron chi connectivity index (χ1n) is 7.22. The number of nitrogens with one attached hydrogen (secondary N) is 3. The summed E-state index contributed by atoms with van der Waals surface area (Å²) in [7, 11) is -3.44. The molecule has 1 amide bonds. The molecule has 0 atom stereocenters. The lowest BCUT2D eigenvalue weighted by molar-refractivity contribution is 0.102. The highest BCUT2D eigenvalue weighted by atomic mass is 32.2. The molecule has 3 N–H and O–H groups in total. The molecule has 8 heteroatoms. The average molecular weight is 336 g/mol. The minimum absolute atomic E-state index is 0.264. The van der Waals surface area contributed by atoms with Crippen LogP contribution in [0.1, 0.15) is 35.1 Å². The van der Waals surface area contributed by atoms with Crippen LogP contribution < -0.4 is 10.0 Å². The van der Waals surface area contributed by atoms with E-state index in [-0.39, 0.29) is 5.69 Å². The Morgan fingerprint density at radius 1 is 1.26 bits per heavy atom. The quantitative estimate of drug-likeness (QED) is 0.753. The fourth-order valence-electron chi connectivity index (χ4n) is 2.11. The van der Waals surface area contributed by atoms with E-state index in [0.29, 0.717) is 11.4 Å². The number of aryl methyl sites for hydroxylation is 2. The van der Waals surface area contributed by atoms with Crippen LogP contribution in [0.2, 0.25) is 0 Å². The summed E-state index contributed by atoms with van der Waals surface area (Å²) in [6.07, 6.45) is 2.82. The molecular weight excluding hydrogens is 316 g/mol. The Balaban J connectivity index is 2.23. The molecule has 23 heavy (non-hydrogen) atoms. The molecule has 0 saturated heterocycles. The molecule has 0 aliphatic heterocycles. The number of rotatable bonds is 6. The van der Waals surface area contributed by atoms with Crippen LogP contribution >= 0.6 is 0 Å². The van der Waals surface area contributed by atoms with Crippen LogP contribution in [0.3, 0.4) is 0 Å². The average Bonchev–Trinajstić information content (AvgIpc) is 2.90. The van der Waals surface area contributed by atoms with Gasteiger partial charge in [0.05, 0.1) is 17.6 Å². The SMILES string of the molecule is CCCc1cc(C(=O)Nc2cc(C)ccc2NS(C)(=O)=O)n[nH]1. The van der Waals surface area contributed by atoms with Gasteiger partial charge in [-0.15, -0.1) is 0 Å². The molecule has 0 unspecified atom stereocenters. The molecule has 124 valence electrons. The molecule has 0 aliphatic rings. The van der Waals surface area contributed by atoms with Crippen molar-refractivity contribution in [3.05, 3.63) is 41.2 Å². The van der Waals surface area contributed by atoms with Gasteiger partial charge < -0.3 is 5.32 Å². The molecule has 7 nitrogen and oxygen atoms in total. The standard InChI is InChI=1S/C15H20N4O3S/c1-4-5-11-9-14(18-17-11)15(20)16-13-8-10(2)6-7-12(13)19-23(3,21)22/h6-9,19H,4-5H2,1-3H3,(H,16,20)(H,17,18).